The number of hydrogen-bond acceptors (Lipinski definition) is 2. The van der Waals surface area contributed by atoms with Gasteiger partial charge in [0.15, 0.2) is 11.5 Å². The van der Waals surface area contributed by atoms with Crippen molar-refractivity contribution < 1.29 is 4.79 Å². The maximum absolute atomic E-state index is 10.1. The summed E-state index contributed by atoms with van der Waals surface area (Å²) in [6, 6.07) is 11.6. The standard InChI is InChI=1S/C13H9NO/c14-10-13(11-15)9-5-4-8-12-6-2-1-3-7-12/h1-3,6-7H,4,8H2. The van der Waals surface area contributed by atoms with E-state index >= 15 is 0 Å². The van der Waals surface area contributed by atoms with Crippen LogP contribution in [0.3, 0.4) is 0 Å². The zero-order valence-corrected chi connectivity index (χ0v) is 8.16. The lowest BCUT2D eigenvalue weighted by atomic mass is 10.1. The topological polar surface area (TPSA) is 40.9 Å². The van der Waals surface area contributed by atoms with Crippen molar-refractivity contribution in [2.75, 3.05) is 0 Å². The van der Waals surface area contributed by atoms with Crippen LogP contribution in [0, 0.1) is 23.2 Å². The number of nitriles is 1. The average Bonchev–Trinajstić information content (AvgIpc) is 2.31. The highest BCUT2D eigenvalue weighted by Gasteiger charge is 1.89. The molecular formula is C13H9NO. The van der Waals surface area contributed by atoms with Gasteiger partial charge in [-0.3, -0.25) is 0 Å². The van der Waals surface area contributed by atoms with Crippen molar-refractivity contribution in [1.29, 1.82) is 5.26 Å². The fourth-order valence-corrected chi connectivity index (χ4v) is 1.08. The van der Waals surface area contributed by atoms with Crippen LogP contribution in [0.15, 0.2) is 35.9 Å². The summed E-state index contributed by atoms with van der Waals surface area (Å²) in [5, 5.41) is 8.39. The van der Waals surface area contributed by atoms with Crippen molar-refractivity contribution in [1.82, 2.24) is 0 Å². The summed E-state index contributed by atoms with van der Waals surface area (Å²) >= 11 is 0. The van der Waals surface area contributed by atoms with Gasteiger partial charge in [-0.15, -0.1) is 0 Å². The van der Waals surface area contributed by atoms with E-state index in [1.807, 2.05) is 30.3 Å². The number of nitrogens with zero attached hydrogens (tertiary/aromatic N) is 1. The highest BCUT2D eigenvalue weighted by Crippen LogP contribution is 2.01. The van der Waals surface area contributed by atoms with E-state index < -0.39 is 0 Å². The smallest absolute Gasteiger partial charge is 0.185 e. The van der Waals surface area contributed by atoms with Gasteiger partial charge in [0.1, 0.15) is 6.07 Å². The van der Waals surface area contributed by atoms with E-state index in [9.17, 15) is 4.79 Å². The number of rotatable bonds is 2. The van der Waals surface area contributed by atoms with E-state index in [0.29, 0.717) is 6.42 Å². The first kappa shape index (κ1) is 10.8. The number of aryl methyl sites for hydroxylation is 1. The molecule has 0 fully saturated rings. The fourth-order valence-electron chi connectivity index (χ4n) is 1.08. The fraction of sp³-hybridized carbons (Fsp3) is 0.154. The van der Waals surface area contributed by atoms with Crippen LogP contribution in [-0.2, 0) is 11.2 Å². The number of carbonyl (C=O) groups excluding carboxylic acids is 1. The number of benzene rings is 1. The maximum Gasteiger partial charge on any atom is 0.185 e. The molecular weight excluding hydrogens is 186 g/mol. The van der Waals surface area contributed by atoms with Crippen LogP contribution < -0.4 is 0 Å². The van der Waals surface area contributed by atoms with Gasteiger partial charge in [0.25, 0.3) is 0 Å². The van der Waals surface area contributed by atoms with Crippen molar-refractivity contribution in [3.05, 3.63) is 41.5 Å². The molecule has 2 nitrogen and oxygen atoms in total. The molecule has 1 rings (SSSR count). The first-order valence-electron chi connectivity index (χ1n) is 4.55. The maximum atomic E-state index is 10.1. The summed E-state index contributed by atoms with van der Waals surface area (Å²) in [7, 11) is 0. The Kier molecular flexibility index (Phi) is 4.47. The van der Waals surface area contributed by atoms with Gasteiger partial charge in [0.05, 0.1) is 0 Å². The van der Waals surface area contributed by atoms with Crippen LogP contribution in [-0.4, -0.2) is 5.94 Å². The monoisotopic (exact) mass is 195 g/mol. The predicted octanol–water partition coefficient (Wildman–Crippen LogP) is 1.90. The molecule has 1 aromatic rings. The molecule has 2 heteroatoms. The third-order valence-electron chi connectivity index (χ3n) is 1.81. The van der Waals surface area contributed by atoms with Crippen LogP contribution in [0.25, 0.3) is 0 Å². The van der Waals surface area contributed by atoms with E-state index in [0.717, 1.165) is 6.42 Å². The second-order valence-corrected chi connectivity index (χ2v) is 2.88. The van der Waals surface area contributed by atoms with E-state index in [4.69, 9.17) is 5.26 Å². The quantitative estimate of drug-likeness (QED) is 0.411. The summed E-state index contributed by atoms with van der Waals surface area (Å²) in [5.41, 5.74) is 1.06. The van der Waals surface area contributed by atoms with Gasteiger partial charge >= 0.3 is 0 Å². The molecule has 0 N–H and O–H groups in total. The molecule has 0 radical (unpaired) electrons. The van der Waals surface area contributed by atoms with Crippen molar-refractivity contribution in [2.24, 2.45) is 0 Å². The molecule has 0 aromatic heterocycles. The van der Waals surface area contributed by atoms with Crippen LogP contribution in [0.2, 0.25) is 0 Å². The van der Waals surface area contributed by atoms with Gasteiger partial charge in [0.2, 0.25) is 0 Å². The van der Waals surface area contributed by atoms with Gasteiger partial charge in [-0.05, 0) is 17.9 Å². The Labute approximate surface area is 88.8 Å². The van der Waals surface area contributed by atoms with Crippen molar-refractivity contribution in [3.63, 3.8) is 0 Å². The minimum atomic E-state index is -0.136. The predicted molar refractivity (Wildman–Crippen MR) is 57.4 cm³/mol. The summed E-state index contributed by atoms with van der Waals surface area (Å²) in [6.45, 7) is 0. The molecule has 0 saturated heterocycles. The highest BCUT2D eigenvalue weighted by atomic mass is 16.1. The highest BCUT2D eigenvalue weighted by molar-refractivity contribution is 5.66. The van der Waals surface area contributed by atoms with Gasteiger partial charge in [-0.2, -0.15) is 5.26 Å². The Morgan fingerprint density at radius 3 is 2.60 bits per heavy atom. The molecule has 0 saturated carbocycles. The van der Waals surface area contributed by atoms with E-state index in [1.165, 1.54) is 11.5 Å². The number of allylic oxidation sites excluding steroid dienone is 1. The van der Waals surface area contributed by atoms with E-state index in [-0.39, 0.29) is 5.57 Å². The summed E-state index contributed by atoms with van der Waals surface area (Å²) in [6.07, 6.45) is 1.46. The van der Waals surface area contributed by atoms with Crippen molar-refractivity contribution in [3.8, 4) is 17.9 Å². The minimum absolute atomic E-state index is 0.136. The third kappa shape index (κ3) is 3.96. The van der Waals surface area contributed by atoms with Crippen molar-refractivity contribution >= 4 is 5.94 Å². The Morgan fingerprint density at radius 2 is 2.00 bits per heavy atom. The normalized spacial score (nSPS) is 7.93. The molecule has 0 spiro atoms. The summed E-state index contributed by atoms with van der Waals surface area (Å²) in [4.78, 5) is 10.1. The lowest BCUT2D eigenvalue weighted by Crippen LogP contribution is -1.82. The first-order valence-corrected chi connectivity index (χ1v) is 4.55. The Hall–Kier alpha value is -2.28. The lowest BCUT2D eigenvalue weighted by Gasteiger charge is -1.94. The van der Waals surface area contributed by atoms with Gasteiger partial charge < -0.3 is 0 Å². The van der Waals surface area contributed by atoms with Crippen LogP contribution >= 0.6 is 0 Å². The molecule has 0 amide bonds. The molecule has 72 valence electrons. The second-order valence-electron chi connectivity index (χ2n) is 2.88. The van der Waals surface area contributed by atoms with E-state index in [1.54, 1.807) is 6.07 Å². The second kappa shape index (κ2) is 6.22. The van der Waals surface area contributed by atoms with Crippen LogP contribution in [0.5, 0.6) is 0 Å². The largest absolute Gasteiger partial charge is 0.231 e. The molecule has 0 aliphatic carbocycles. The molecule has 0 aliphatic rings. The Balaban J connectivity index is 2.47. The molecule has 0 unspecified atom stereocenters. The van der Waals surface area contributed by atoms with E-state index in [2.05, 4.69) is 11.8 Å². The third-order valence-corrected chi connectivity index (χ3v) is 1.81. The molecule has 0 bridgehead atoms. The molecule has 0 heterocycles. The van der Waals surface area contributed by atoms with Crippen LogP contribution in [0.4, 0.5) is 0 Å². The average molecular weight is 195 g/mol. The molecule has 0 atom stereocenters. The molecule has 0 aliphatic heterocycles. The van der Waals surface area contributed by atoms with Crippen molar-refractivity contribution in [2.45, 2.75) is 12.8 Å². The van der Waals surface area contributed by atoms with Gasteiger partial charge in [0, 0.05) is 6.42 Å². The van der Waals surface area contributed by atoms with Crippen LogP contribution in [0.1, 0.15) is 12.0 Å². The van der Waals surface area contributed by atoms with Gasteiger partial charge in [-0.1, -0.05) is 36.3 Å². The summed E-state index contributed by atoms with van der Waals surface area (Å²) in [5.74, 6) is 6.72. The lowest BCUT2D eigenvalue weighted by molar-refractivity contribution is 0.568. The zero-order valence-electron chi connectivity index (χ0n) is 8.16. The minimum Gasteiger partial charge on any atom is -0.231 e. The van der Waals surface area contributed by atoms with Gasteiger partial charge in [-0.25, -0.2) is 4.79 Å². The zero-order chi connectivity index (χ0) is 10.9. The first-order chi connectivity index (χ1) is 7.36. The molecule has 1 aromatic carbocycles. The SMILES string of the molecule is N#CC(=C=O)C#CCCc1ccccc1. The Morgan fingerprint density at radius 1 is 1.27 bits per heavy atom. The molecule has 15 heavy (non-hydrogen) atoms. The summed E-state index contributed by atoms with van der Waals surface area (Å²) < 4.78 is 0. The Bertz CT molecular complexity index is 465. The number of hydrogen-bond donors (Lipinski definition) is 0.